The zero-order chi connectivity index (χ0) is 34.1. The minimum atomic E-state index is -0.687. The summed E-state index contributed by atoms with van der Waals surface area (Å²) in [5.74, 6) is 1.19. The third-order valence-electron chi connectivity index (χ3n) is 8.15. The average molecular weight is 641 g/mol. The fourth-order valence-corrected chi connectivity index (χ4v) is 5.03. The van der Waals surface area contributed by atoms with Gasteiger partial charge < -0.3 is 29.3 Å². The molecule has 4 aromatic rings. The molecule has 4 rings (SSSR count). The van der Waals surface area contributed by atoms with Crippen LogP contribution in [0, 0.1) is 13.8 Å². The number of likely N-dealkylation sites (N-methyl/N-ethyl adjacent to an activating group) is 2. The number of methoxy groups -OCH3 is 2. The molecule has 11 nitrogen and oxygen atoms in total. The van der Waals surface area contributed by atoms with Crippen LogP contribution in [0.5, 0.6) is 17.4 Å². The molecule has 1 heterocycles. The van der Waals surface area contributed by atoms with E-state index >= 15 is 0 Å². The maximum atomic E-state index is 13.4. The van der Waals surface area contributed by atoms with Crippen LogP contribution in [0.1, 0.15) is 35.3 Å². The van der Waals surface area contributed by atoms with E-state index in [9.17, 15) is 9.59 Å². The average Bonchev–Trinajstić information content (AvgIpc) is 3.08. The number of nitrogens with one attached hydrogen (secondary N) is 1. The van der Waals surface area contributed by atoms with Crippen LogP contribution in [-0.4, -0.2) is 86.3 Å². The van der Waals surface area contributed by atoms with Crippen LogP contribution in [0.15, 0.2) is 66.7 Å². The van der Waals surface area contributed by atoms with Gasteiger partial charge in [-0.25, -0.2) is 9.78 Å². The number of aromatic nitrogens is 2. The van der Waals surface area contributed by atoms with Crippen LogP contribution in [0.2, 0.25) is 0 Å². The van der Waals surface area contributed by atoms with E-state index in [2.05, 4.69) is 29.0 Å². The number of carbonyl (C=O) groups is 2. The van der Waals surface area contributed by atoms with Crippen LogP contribution in [0.4, 0.5) is 22.1 Å². The molecule has 0 bridgehead atoms. The van der Waals surface area contributed by atoms with E-state index in [4.69, 9.17) is 19.2 Å². The molecule has 0 aliphatic heterocycles. The number of carbonyl (C=O) groups excluding carboxylic acids is 2. The fourth-order valence-electron chi connectivity index (χ4n) is 5.03. The predicted molar refractivity (Wildman–Crippen MR) is 185 cm³/mol. The second-order valence-corrected chi connectivity index (χ2v) is 11.1. The van der Waals surface area contributed by atoms with Crippen molar-refractivity contribution in [3.05, 3.63) is 83.4 Å². The molecule has 0 saturated heterocycles. The maximum Gasteiger partial charge on any atom is 0.420 e. The molecule has 3 aromatic carbocycles. The molecule has 0 atom stereocenters. The summed E-state index contributed by atoms with van der Waals surface area (Å²) in [5.41, 5.74) is 5.17. The van der Waals surface area contributed by atoms with Crippen LogP contribution >= 0.6 is 0 Å². The molecule has 0 saturated carbocycles. The third-order valence-corrected chi connectivity index (χ3v) is 8.15. The number of aryl methyl sites for hydroxylation is 1. The Morgan fingerprint density at radius 1 is 0.851 bits per heavy atom. The zero-order valence-corrected chi connectivity index (χ0v) is 28.5. The minimum absolute atomic E-state index is 0.0421. The highest BCUT2D eigenvalue weighted by molar-refractivity contribution is 5.95. The Kier molecular flexibility index (Phi) is 11.7. The summed E-state index contributed by atoms with van der Waals surface area (Å²) in [4.78, 5) is 41.3. The van der Waals surface area contributed by atoms with Gasteiger partial charge >= 0.3 is 6.09 Å². The van der Waals surface area contributed by atoms with E-state index in [1.807, 2.05) is 45.2 Å². The number of amides is 2. The number of hydrogen-bond acceptors (Lipinski definition) is 9. The molecule has 2 amide bonds. The first-order valence-corrected chi connectivity index (χ1v) is 15.6. The lowest BCUT2D eigenvalue weighted by Crippen LogP contribution is -2.36. The number of benzene rings is 3. The molecule has 47 heavy (non-hydrogen) atoms. The summed E-state index contributed by atoms with van der Waals surface area (Å²) in [6.07, 6.45) is -0.687. The standard InChI is InChI=1S/C36H44N6O5/c1-9-42(10-2)20-19-40(5)34(43)26-14-12-15-27(21-26)37-35-38-30(29-16-11-13-24(3)25(29)4)23-33(39-35)47-36(44)41(6)31-22-28(45-7)17-18-32(31)46-8/h11-18,21-23H,9-10,19-20H2,1-8H3,(H,37,38,39). The van der Waals surface area contributed by atoms with Crippen molar-refractivity contribution in [1.82, 2.24) is 19.8 Å². The first kappa shape index (κ1) is 34.7. The SMILES string of the molecule is CCN(CC)CCN(C)C(=O)c1cccc(Nc2nc(OC(=O)N(C)c3cc(OC)ccc3OC)cc(-c3cccc(C)c3C)n2)c1. The van der Waals surface area contributed by atoms with E-state index < -0.39 is 6.09 Å². The molecule has 248 valence electrons. The van der Waals surface area contributed by atoms with Gasteiger partial charge in [0.15, 0.2) is 0 Å². The Bertz CT molecular complexity index is 1710. The summed E-state index contributed by atoms with van der Waals surface area (Å²) >= 11 is 0. The van der Waals surface area contributed by atoms with Gasteiger partial charge in [-0.15, -0.1) is 0 Å². The van der Waals surface area contributed by atoms with Crippen molar-refractivity contribution < 1.29 is 23.8 Å². The molecule has 0 spiro atoms. The Morgan fingerprint density at radius 2 is 1.60 bits per heavy atom. The normalized spacial score (nSPS) is 10.8. The molecule has 1 aromatic heterocycles. The summed E-state index contributed by atoms with van der Waals surface area (Å²) < 4.78 is 16.6. The second-order valence-electron chi connectivity index (χ2n) is 11.1. The number of ether oxygens (including phenoxy) is 3. The molecule has 0 aliphatic rings. The van der Waals surface area contributed by atoms with E-state index in [1.165, 1.54) is 12.0 Å². The number of anilines is 3. The van der Waals surface area contributed by atoms with E-state index in [1.54, 1.807) is 61.5 Å². The Labute approximate surface area is 277 Å². The van der Waals surface area contributed by atoms with Gasteiger partial charge in [0.1, 0.15) is 11.5 Å². The smallest absolute Gasteiger partial charge is 0.420 e. The third kappa shape index (κ3) is 8.56. The summed E-state index contributed by atoms with van der Waals surface area (Å²) in [6, 6.07) is 19.9. The van der Waals surface area contributed by atoms with Gasteiger partial charge in [0.2, 0.25) is 11.8 Å². The quantitative estimate of drug-likeness (QED) is 0.174. The van der Waals surface area contributed by atoms with Crippen molar-refractivity contribution in [2.24, 2.45) is 0 Å². The molecule has 1 N–H and O–H groups in total. The lowest BCUT2D eigenvalue weighted by Gasteiger charge is -2.23. The lowest BCUT2D eigenvalue weighted by molar-refractivity contribution is 0.0779. The summed E-state index contributed by atoms with van der Waals surface area (Å²) in [5, 5.41) is 3.22. The Morgan fingerprint density at radius 3 is 2.30 bits per heavy atom. The van der Waals surface area contributed by atoms with Crippen LogP contribution in [0.3, 0.4) is 0 Å². The molecule has 11 heteroatoms. The Hall–Kier alpha value is -5.16. The topological polar surface area (TPSA) is 109 Å². The number of rotatable bonds is 13. The van der Waals surface area contributed by atoms with Gasteiger partial charge in [-0.2, -0.15) is 4.98 Å². The van der Waals surface area contributed by atoms with Gasteiger partial charge in [0.05, 0.1) is 25.6 Å². The molecule has 0 unspecified atom stereocenters. The highest BCUT2D eigenvalue weighted by atomic mass is 16.6. The minimum Gasteiger partial charge on any atom is -0.497 e. The van der Waals surface area contributed by atoms with Gasteiger partial charge in [0.25, 0.3) is 5.91 Å². The second kappa shape index (κ2) is 15.9. The van der Waals surface area contributed by atoms with Gasteiger partial charge in [-0.05, 0) is 68.4 Å². The molecule has 0 fully saturated rings. The lowest BCUT2D eigenvalue weighted by atomic mass is 10.0. The van der Waals surface area contributed by atoms with Crippen molar-refractivity contribution in [2.75, 3.05) is 64.7 Å². The molecule has 0 radical (unpaired) electrons. The van der Waals surface area contributed by atoms with Crippen molar-refractivity contribution >= 4 is 29.3 Å². The number of nitrogens with zero attached hydrogens (tertiary/aromatic N) is 5. The van der Waals surface area contributed by atoms with Crippen molar-refractivity contribution in [2.45, 2.75) is 27.7 Å². The van der Waals surface area contributed by atoms with Gasteiger partial charge in [-0.3, -0.25) is 9.69 Å². The predicted octanol–water partition coefficient (Wildman–Crippen LogP) is 6.57. The van der Waals surface area contributed by atoms with Gasteiger partial charge in [-0.1, -0.05) is 38.1 Å². The van der Waals surface area contributed by atoms with Crippen molar-refractivity contribution in [1.29, 1.82) is 0 Å². The molecular weight excluding hydrogens is 596 g/mol. The highest BCUT2D eigenvalue weighted by Crippen LogP contribution is 2.33. The molecular formula is C36H44N6O5. The first-order valence-electron chi connectivity index (χ1n) is 15.6. The van der Waals surface area contributed by atoms with Crippen LogP contribution in [0.25, 0.3) is 11.3 Å². The fraction of sp³-hybridized carbons (Fsp3) is 0.333. The first-order chi connectivity index (χ1) is 22.6. The van der Waals surface area contributed by atoms with Crippen molar-refractivity contribution in [3.8, 4) is 28.6 Å². The summed E-state index contributed by atoms with van der Waals surface area (Å²) in [7, 11) is 6.45. The zero-order valence-electron chi connectivity index (χ0n) is 28.5. The van der Waals surface area contributed by atoms with Crippen LogP contribution < -0.4 is 24.4 Å². The van der Waals surface area contributed by atoms with Crippen LogP contribution in [-0.2, 0) is 0 Å². The maximum absolute atomic E-state index is 13.4. The largest absolute Gasteiger partial charge is 0.497 e. The van der Waals surface area contributed by atoms with E-state index in [0.717, 1.165) is 36.3 Å². The Balaban J connectivity index is 1.64. The molecule has 0 aliphatic carbocycles. The van der Waals surface area contributed by atoms with Crippen molar-refractivity contribution in [3.63, 3.8) is 0 Å². The highest BCUT2D eigenvalue weighted by Gasteiger charge is 2.21. The van der Waals surface area contributed by atoms with E-state index in [-0.39, 0.29) is 17.7 Å². The number of hydrogen-bond donors (Lipinski definition) is 1. The summed E-state index contributed by atoms with van der Waals surface area (Å²) in [6.45, 7) is 11.5. The monoisotopic (exact) mass is 640 g/mol. The van der Waals surface area contributed by atoms with Gasteiger partial charge in [0, 0.05) is 56.1 Å². The van der Waals surface area contributed by atoms with E-state index in [0.29, 0.717) is 40.7 Å².